The number of nitrogens with one attached hydrogen (secondary N) is 1. The molecule has 0 radical (unpaired) electrons. The standard InChI is InChI=1S/C35H36N6O4/c1-3-25(2)33(38-34(42)19-31-20-37-24-40(31)21-26-11-13-30(14-12-26)41(44)45)23-39(35(43)28-15-17-36-18-16-28)22-29-9-6-8-27-7-4-5-10-32(27)29/h4-18,20,24-25,33H,3,19,21-23H2,1-2H3,(H,38,42)/t25-,33+/m0/s1. The van der Waals surface area contributed by atoms with Gasteiger partial charge in [0.1, 0.15) is 0 Å². The Kier molecular flexibility index (Phi) is 9.93. The number of nitro benzene ring substituents is 1. The van der Waals surface area contributed by atoms with Crippen LogP contribution in [0.1, 0.15) is 47.4 Å². The van der Waals surface area contributed by atoms with Gasteiger partial charge in [-0.1, -0.05) is 74.9 Å². The van der Waals surface area contributed by atoms with E-state index in [1.165, 1.54) is 12.1 Å². The molecule has 45 heavy (non-hydrogen) atoms. The lowest BCUT2D eigenvalue weighted by Crippen LogP contribution is -2.49. The van der Waals surface area contributed by atoms with E-state index in [2.05, 4.69) is 47.3 Å². The van der Waals surface area contributed by atoms with Crippen molar-refractivity contribution in [2.75, 3.05) is 6.54 Å². The van der Waals surface area contributed by atoms with Crippen molar-refractivity contribution >= 4 is 28.3 Å². The van der Waals surface area contributed by atoms with Crippen molar-refractivity contribution in [2.24, 2.45) is 5.92 Å². The lowest BCUT2D eigenvalue weighted by atomic mass is 9.97. The molecular weight excluding hydrogens is 568 g/mol. The van der Waals surface area contributed by atoms with Crippen LogP contribution < -0.4 is 5.32 Å². The monoisotopic (exact) mass is 604 g/mol. The largest absolute Gasteiger partial charge is 0.351 e. The zero-order valence-electron chi connectivity index (χ0n) is 25.4. The van der Waals surface area contributed by atoms with E-state index < -0.39 is 4.92 Å². The number of imidazole rings is 1. The summed E-state index contributed by atoms with van der Waals surface area (Å²) in [4.78, 5) is 48.1. The first-order valence-corrected chi connectivity index (χ1v) is 15.0. The van der Waals surface area contributed by atoms with Crippen LogP contribution in [-0.4, -0.2) is 48.8 Å². The number of amides is 2. The highest BCUT2D eigenvalue weighted by atomic mass is 16.6. The third-order valence-electron chi connectivity index (χ3n) is 8.19. The fourth-order valence-electron chi connectivity index (χ4n) is 5.40. The number of hydrogen-bond donors (Lipinski definition) is 1. The van der Waals surface area contributed by atoms with Crippen molar-refractivity contribution < 1.29 is 14.5 Å². The maximum absolute atomic E-state index is 13.9. The van der Waals surface area contributed by atoms with Gasteiger partial charge in [0.25, 0.3) is 11.6 Å². The Balaban J connectivity index is 1.34. The Hall–Kier alpha value is -5.38. The molecule has 230 valence electrons. The van der Waals surface area contributed by atoms with Crippen LogP contribution in [0.15, 0.2) is 104 Å². The summed E-state index contributed by atoms with van der Waals surface area (Å²) in [5.41, 5.74) is 3.16. The number of pyridine rings is 1. The van der Waals surface area contributed by atoms with Gasteiger partial charge in [0, 0.05) is 67.7 Å². The number of benzene rings is 3. The second-order valence-corrected chi connectivity index (χ2v) is 11.2. The number of aromatic nitrogens is 3. The summed E-state index contributed by atoms with van der Waals surface area (Å²) in [6.07, 6.45) is 7.43. The van der Waals surface area contributed by atoms with Gasteiger partial charge in [-0.25, -0.2) is 4.98 Å². The van der Waals surface area contributed by atoms with Crippen LogP contribution in [0.5, 0.6) is 0 Å². The summed E-state index contributed by atoms with van der Waals surface area (Å²) >= 11 is 0. The molecule has 1 N–H and O–H groups in total. The highest BCUT2D eigenvalue weighted by molar-refractivity contribution is 5.94. The van der Waals surface area contributed by atoms with Crippen LogP contribution in [-0.2, 0) is 24.3 Å². The minimum atomic E-state index is -0.432. The summed E-state index contributed by atoms with van der Waals surface area (Å²) in [6, 6.07) is 23.7. The SMILES string of the molecule is CC[C@H](C)[C@@H](CN(Cc1cccc2ccccc12)C(=O)c1ccncc1)NC(=O)Cc1cncn1Cc1ccc([N+](=O)[O-])cc1. The third-order valence-corrected chi connectivity index (χ3v) is 8.19. The molecule has 10 heteroatoms. The van der Waals surface area contributed by atoms with Gasteiger partial charge < -0.3 is 14.8 Å². The topological polar surface area (TPSA) is 123 Å². The molecule has 0 aliphatic rings. The number of carbonyl (C=O) groups is 2. The number of hydrogen-bond acceptors (Lipinski definition) is 6. The molecular formula is C35H36N6O4. The van der Waals surface area contributed by atoms with Gasteiger partial charge in [-0.2, -0.15) is 0 Å². The highest BCUT2D eigenvalue weighted by Gasteiger charge is 2.26. The molecule has 0 saturated carbocycles. The molecule has 0 unspecified atom stereocenters. The molecule has 10 nitrogen and oxygen atoms in total. The van der Waals surface area contributed by atoms with Crippen molar-refractivity contribution in [3.8, 4) is 0 Å². The zero-order valence-corrected chi connectivity index (χ0v) is 25.4. The van der Waals surface area contributed by atoms with Crippen LogP contribution in [0.25, 0.3) is 10.8 Å². The molecule has 2 aromatic heterocycles. The number of fused-ring (bicyclic) bond motifs is 1. The molecule has 0 saturated heterocycles. The first-order chi connectivity index (χ1) is 21.8. The number of nitro groups is 1. The minimum absolute atomic E-state index is 0.0250. The Morgan fingerprint density at radius 2 is 1.71 bits per heavy atom. The van der Waals surface area contributed by atoms with Gasteiger partial charge in [-0.3, -0.25) is 24.7 Å². The summed E-state index contributed by atoms with van der Waals surface area (Å²) < 4.78 is 1.86. The van der Waals surface area contributed by atoms with E-state index in [0.717, 1.165) is 28.3 Å². The first-order valence-electron chi connectivity index (χ1n) is 15.0. The van der Waals surface area contributed by atoms with Crippen molar-refractivity contribution in [1.82, 2.24) is 24.8 Å². The molecule has 5 rings (SSSR count). The molecule has 0 fully saturated rings. The van der Waals surface area contributed by atoms with Crippen molar-refractivity contribution in [3.05, 3.63) is 136 Å². The summed E-state index contributed by atoms with van der Waals surface area (Å²) in [7, 11) is 0. The lowest BCUT2D eigenvalue weighted by molar-refractivity contribution is -0.384. The molecule has 5 aromatic rings. The van der Waals surface area contributed by atoms with E-state index in [1.54, 1.807) is 49.2 Å². The zero-order chi connectivity index (χ0) is 31.8. The Morgan fingerprint density at radius 1 is 0.978 bits per heavy atom. The Bertz CT molecular complexity index is 1770. The van der Waals surface area contributed by atoms with Crippen molar-refractivity contribution in [2.45, 2.75) is 45.8 Å². The maximum atomic E-state index is 13.9. The van der Waals surface area contributed by atoms with Crippen LogP contribution in [0, 0.1) is 16.0 Å². The summed E-state index contributed by atoms with van der Waals surface area (Å²) in [6.45, 7) is 5.29. The minimum Gasteiger partial charge on any atom is -0.351 e. The predicted octanol–water partition coefficient (Wildman–Crippen LogP) is 5.80. The van der Waals surface area contributed by atoms with Gasteiger partial charge in [0.2, 0.25) is 5.91 Å². The smallest absolute Gasteiger partial charge is 0.269 e. The summed E-state index contributed by atoms with van der Waals surface area (Å²) in [5, 5.41) is 16.4. The molecule has 3 aromatic carbocycles. The molecule has 2 heterocycles. The lowest BCUT2D eigenvalue weighted by Gasteiger charge is -2.32. The van der Waals surface area contributed by atoms with Crippen LogP contribution in [0.2, 0.25) is 0 Å². The van der Waals surface area contributed by atoms with Gasteiger partial charge in [0.15, 0.2) is 0 Å². The number of non-ortho nitro benzene ring substituents is 1. The van der Waals surface area contributed by atoms with Crippen molar-refractivity contribution in [1.29, 1.82) is 0 Å². The van der Waals surface area contributed by atoms with Gasteiger partial charge in [-0.05, 0) is 39.9 Å². The van der Waals surface area contributed by atoms with E-state index >= 15 is 0 Å². The quantitative estimate of drug-likeness (QED) is 0.134. The summed E-state index contributed by atoms with van der Waals surface area (Å²) in [5.74, 6) is -0.208. The molecule has 2 amide bonds. The van der Waals surface area contributed by atoms with Crippen LogP contribution in [0.3, 0.4) is 0 Å². The number of nitrogens with zero attached hydrogens (tertiary/aromatic N) is 5. The molecule has 0 aliphatic carbocycles. The second-order valence-electron chi connectivity index (χ2n) is 11.2. The average Bonchev–Trinajstić information content (AvgIpc) is 3.49. The first kappa shape index (κ1) is 31.1. The van der Waals surface area contributed by atoms with E-state index in [9.17, 15) is 19.7 Å². The molecule has 0 spiro atoms. The fraction of sp³-hybridized carbons (Fsp3) is 0.257. The van der Waals surface area contributed by atoms with E-state index in [1.807, 2.05) is 33.7 Å². The van der Waals surface area contributed by atoms with E-state index in [0.29, 0.717) is 30.9 Å². The normalized spacial score (nSPS) is 12.4. The highest BCUT2D eigenvalue weighted by Crippen LogP contribution is 2.22. The average molecular weight is 605 g/mol. The van der Waals surface area contributed by atoms with Gasteiger partial charge in [-0.15, -0.1) is 0 Å². The molecule has 0 aliphatic heterocycles. The number of carbonyl (C=O) groups excluding carboxylic acids is 2. The van der Waals surface area contributed by atoms with Gasteiger partial charge >= 0.3 is 0 Å². The van der Waals surface area contributed by atoms with E-state index in [4.69, 9.17) is 0 Å². The Morgan fingerprint density at radius 3 is 2.44 bits per heavy atom. The fourth-order valence-corrected chi connectivity index (χ4v) is 5.40. The van der Waals surface area contributed by atoms with E-state index in [-0.39, 0.29) is 35.9 Å². The molecule has 2 atom stereocenters. The molecule has 0 bridgehead atoms. The van der Waals surface area contributed by atoms with Crippen LogP contribution >= 0.6 is 0 Å². The van der Waals surface area contributed by atoms with Gasteiger partial charge in [0.05, 0.1) is 17.7 Å². The maximum Gasteiger partial charge on any atom is 0.269 e. The Labute approximate surface area is 261 Å². The van der Waals surface area contributed by atoms with Crippen molar-refractivity contribution in [3.63, 3.8) is 0 Å². The second kappa shape index (κ2) is 14.4. The number of rotatable bonds is 13. The van der Waals surface area contributed by atoms with Crippen LogP contribution in [0.4, 0.5) is 5.69 Å². The third kappa shape index (κ3) is 7.77. The predicted molar refractivity (Wildman–Crippen MR) is 172 cm³/mol.